The Bertz CT molecular complexity index is 621. The van der Waals surface area contributed by atoms with Crippen molar-refractivity contribution in [3.05, 3.63) is 60.7 Å². The van der Waals surface area contributed by atoms with Gasteiger partial charge in [0.05, 0.1) is 0 Å². The highest BCUT2D eigenvalue weighted by Crippen LogP contribution is 2.15. The summed E-state index contributed by atoms with van der Waals surface area (Å²) in [5, 5.41) is 2.05. The molecule has 0 aliphatic rings. The molecule has 0 aliphatic heterocycles. The van der Waals surface area contributed by atoms with Crippen molar-refractivity contribution >= 4 is 39.2 Å². The van der Waals surface area contributed by atoms with Crippen LogP contribution in [-0.2, 0) is 0 Å². The largest absolute Gasteiger partial charge is 0.330 e. The minimum atomic E-state index is -2.51. The third kappa shape index (κ3) is 15.2. The van der Waals surface area contributed by atoms with Gasteiger partial charge in [-0.2, -0.15) is 0 Å². The van der Waals surface area contributed by atoms with Crippen LogP contribution in [0.4, 0.5) is 0 Å². The van der Waals surface area contributed by atoms with E-state index in [1.165, 1.54) is 103 Å². The molecular weight excluding hydrogens is 473 g/mol. The predicted octanol–water partition coefficient (Wildman–Crippen LogP) is 8.93. The highest BCUT2D eigenvalue weighted by Gasteiger charge is 2.32. The summed E-state index contributed by atoms with van der Waals surface area (Å²) in [6.45, 7) is 0.652. The number of benzene rings is 2. The Morgan fingerprint density at radius 2 is 0.794 bits per heavy atom. The summed E-state index contributed by atoms with van der Waals surface area (Å²) >= 11 is 13.0. The SMILES string of the molecule is CCCCCCCCCCCCCCCCCCN.Cl[Si](Cl)(c1ccccc1)c1ccccc1. The monoisotopic (exact) mass is 521 g/mol. The van der Waals surface area contributed by atoms with Gasteiger partial charge in [0.1, 0.15) is 0 Å². The molecule has 0 amide bonds. The van der Waals surface area contributed by atoms with Crippen LogP contribution in [0.1, 0.15) is 110 Å². The smallest absolute Gasteiger partial charge is 0.310 e. The molecule has 4 heteroatoms. The normalized spacial score (nSPS) is 11.2. The molecule has 0 spiro atoms. The average Bonchev–Trinajstić information content (AvgIpc) is 2.88. The molecule has 0 saturated carbocycles. The molecule has 0 bridgehead atoms. The summed E-state index contributed by atoms with van der Waals surface area (Å²) in [6, 6.07) is 19.7. The van der Waals surface area contributed by atoms with Gasteiger partial charge in [-0.3, -0.25) is 0 Å². The summed E-state index contributed by atoms with van der Waals surface area (Å²) in [5.41, 5.74) is 5.48. The van der Waals surface area contributed by atoms with Crippen molar-refractivity contribution in [1.82, 2.24) is 0 Å². The van der Waals surface area contributed by atoms with Crippen LogP contribution < -0.4 is 16.1 Å². The van der Waals surface area contributed by atoms with Crippen molar-refractivity contribution in [2.24, 2.45) is 5.73 Å². The van der Waals surface area contributed by atoms with Gasteiger partial charge in [0.15, 0.2) is 0 Å². The second-order valence-corrected chi connectivity index (χ2v) is 15.7. The maximum absolute atomic E-state index is 6.49. The lowest BCUT2D eigenvalue weighted by Crippen LogP contribution is -2.48. The maximum atomic E-state index is 6.49. The second-order valence-electron chi connectivity index (χ2n) is 9.40. The Balaban J connectivity index is 0.000000347. The first-order valence-corrected chi connectivity index (χ1v) is 17.8. The zero-order valence-electron chi connectivity index (χ0n) is 21.6. The van der Waals surface area contributed by atoms with Gasteiger partial charge in [-0.25, -0.2) is 0 Å². The van der Waals surface area contributed by atoms with Gasteiger partial charge in [0.2, 0.25) is 0 Å². The van der Waals surface area contributed by atoms with Crippen molar-refractivity contribution < 1.29 is 0 Å². The Morgan fingerprint density at radius 1 is 0.500 bits per heavy atom. The molecule has 0 atom stereocenters. The fraction of sp³-hybridized carbons (Fsp3) is 0.600. The van der Waals surface area contributed by atoms with Crippen molar-refractivity contribution in [3.8, 4) is 0 Å². The molecule has 0 aliphatic carbocycles. The van der Waals surface area contributed by atoms with Gasteiger partial charge in [-0.15, -0.1) is 22.2 Å². The lowest BCUT2D eigenvalue weighted by molar-refractivity contribution is 0.530. The minimum Gasteiger partial charge on any atom is -0.330 e. The van der Waals surface area contributed by atoms with Gasteiger partial charge >= 0.3 is 6.69 Å². The van der Waals surface area contributed by atoms with E-state index < -0.39 is 6.69 Å². The number of nitrogens with two attached hydrogens (primary N) is 1. The first kappa shape index (κ1) is 31.2. The molecule has 192 valence electrons. The zero-order valence-corrected chi connectivity index (χ0v) is 24.1. The molecule has 2 aromatic carbocycles. The molecular formula is C30H49Cl2NSi. The first-order chi connectivity index (χ1) is 16.6. The molecule has 0 radical (unpaired) electrons. The summed E-state index contributed by atoms with van der Waals surface area (Å²) in [7, 11) is 0. The summed E-state index contributed by atoms with van der Waals surface area (Å²) in [4.78, 5) is 0. The second kappa shape index (κ2) is 21.5. The van der Waals surface area contributed by atoms with Crippen molar-refractivity contribution in [2.75, 3.05) is 6.54 Å². The van der Waals surface area contributed by atoms with Gasteiger partial charge < -0.3 is 5.73 Å². The Hall–Kier alpha value is -0.803. The zero-order chi connectivity index (χ0) is 24.7. The van der Waals surface area contributed by atoms with Gasteiger partial charge in [-0.05, 0) is 23.3 Å². The first-order valence-electron chi connectivity index (χ1n) is 13.8. The molecule has 1 nitrogen and oxygen atoms in total. The van der Waals surface area contributed by atoms with Crippen LogP contribution in [0.3, 0.4) is 0 Å². The Morgan fingerprint density at radius 3 is 1.09 bits per heavy atom. The van der Waals surface area contributed by atoms with Gasteiger partial charge in [0.25, 0.3) is 0 Å². The number of halogens is 2. The summed E-state index contributed by atoms with van der Waals surface area (Å²) in [5.74, 6) is 0. The van der Waals surface area contributed by atoms with Crippen LogP contribution in [-0.4, -0.2) is 13.2 Å². The van der Waals surface area contributed by atoms with Crippen molar-refractivity contribution in [2.45, 2.75) is 110 Å². The maximum Gasteiger partial charge on any atom is 0.310 e. The number of unbranched alkanes of at least 4 members (excludes halogenated alkanes) is 15. The highest BCUT2D eigenvalue weighted by molar-refractivity contribution is 7.56. The average molecular weight is 523 g/mol. The van der Waals surface area contributed by atoms with Gasteiger partial charge in [-0.1, -0.05) is 164 Å². The number of hydrogen-bond donors (Lipinski definition) is 1. The Kier molecular flexibility index (Phi) is 19.7. The third-order valence-corrected chi connectivity index (χ3v) is 11.1. The molecule has 0 unspecified atom stereocenters. The van der Waals surface area contributed by atoms with Crippen LogP contribution in [0.5, 0.6) is 0 Å². The van der Waals surface area contributed by atoms with Crippen LogP contribution in [0, 0.1) is 0 Å². The van der Waals surface area contributed by atoms with E-state index in [4.69, 9.17) is 27.9 Å². The highest BCUT2D eigenvalue weighted by atomic mass is 35.7. The standard InChI is InChI=1S/C18H39N.C12H10Cl2Si/c1-2-3-4-5-6-7-8-9-10-11-12-13-14-15-16-17-18-19;13-15(14,11-7-3-1-4-8-11)12-9-5-2-6-10-12/h2-19H2,1H3;1-10H. The van der Waals surface area contributed by atoms with E-state index in [1.54, 1.807) is 0 Å². The lowest BCUT2D eigenvalue weighted by atomic mass is 10.0. The third-order valence-electron chi connectivity index (χ3n) is 6.33. The molecule has 34 heavy (non-hydrogen) atoms. The number of hydrogen-bond acceptors (Lipinski definition) is 1. The quantitative estimate of drug-likeness (QED) is 0.118. The minimum absolute atomic E-state index is 0.873. The predicted molar refractivity (Wildman–Crippen MR) is 158 cm³/mol. The van der Waals surface area contributed by atoms with Crippen LogP contribution in [0.15, 0.2) is 60.7 Å². The molecule has 2 aromatic rings. The van der Waals surface area contributed by atoms with Crippen LogP contribution in [0.2, 0.25) is 0 Å². The van der Waals surface area contributed by atoms with Crippen LogP contribution >= 0.6 is 22.2 Å². The molecule has 0 fully saturated rings. The fourth-order valence-corrected chi connectivity index (χ4v) is 7.22. The Labute approximate surface area is 221 Å². The molecule has 2 N–H and O–H groups in total. The van der Waals surface area contributed by atoms with Gasteiger partial charge in [0, 0.05) is 0 Å². The van der Waals surface area contributed by atoms with Crippen molar-refractivity contribution in [1.29, 1.82) is 0 Å². The van der Waals surface area contributed by atoms with E-state index in [-0.39, 0.29) is 0 Å². The molecule has 0 heterocycles. The van der Waals surface area contributed by atoms with Crippen LogP contribution in [0.25, 0.3) is 0 Å². The summed E-state index contributed by atoms with van der Waals surface area (Å²) < 4.78 is 0. The fourth-order valence-electron chi connectivity index (χ4n) is 4.15. The molecule has 0 saturated heterocycles. The molecule has 0 aromatic heterocycles. The van der Waals surface area contributed by atoms with Crippen molar-refractivity contribution in [3.63, 3.8) is 0 Å². The summed E-state index contributed by atoms with van der Waals surface area (Å²) in [6.07, 6.45) is 22.9. The van der Waals surface area contributed by atoms with E-state index in [1.807, 2.05) is 60.7 Å². The lowest BCUT2D eigenvalue weighted by Gasteiger charge is -2.17. The van der Waals surface area contributed by atoms with E-state index in [2.05, 4.69) is 6.92 Å². The topological polar surface area (TPSA) is 26.0 Å². The van der Waals surface area contributed by atoms with E-state index in [0.717, 1.165) is 16.9 Å². The van der Waals surface area contributed by atoms with E-state index in [9.17, 15) is 0 Å². The number of rotatable bonds is 18. The van der Waals surface area contributed by atoms with E-state index in [0.29, 0.717) is 0 Å². The van der Waals surface area contributed by atoms with E-state index >= 15 is 0 Å². The molecule has 2 rings (SSSR count).